The lowest BCUT2D eigenvalue weighted by Crippen LogP contribution is -2.26. The number of hydrogen-bond acceptors (Lipinski definition) is 7. The highest BCUT2D eigenvalue weighted by atomic mass is 19.1. The largest absolute Gasteiger partial charge is 0.507 e. The third-order valence-corrected chi connectivity index (χ3v) is 5.09. The van der Waals surface area contributed by atoms with Crippen molar-refractivity contribution in [3.63, 3.8) is 0 Å². The number of rotatable bonds is 5. The quantitative estimate of drug-likeness (QED) is 0.426. The molecule has 0 atom stereocenters. The SMILES string of the molecule is COc1ccc(N(C)C(=O)c2cc(-c3nnc(O)n3-c3ccccc3F)c(O)cc2O)cc1. The van der Waals surface area contributed by atoms with Crippen molar-refractivity contribution in [3.8, 4) is 40.3 Å². The number of phenols is 2. The predicted octanol–water partition coefficient (Wildman–Crippen LogP) is 3.48. The van der Waals surface area contributed by atoms with E-state index in [9.17, 15) is 24.5 Å². The number of para-hydroxylation sites is 1. The van der Waals surface area contributed by atoms with Gasteiger partial charge in [-0.25, -0.2) is 8.96 Å². The molecule has 0 fully saturated rings. The third-order valence-electron chi connectivity index (χ3n) is 5.09. The molecule has 3 N–H and O–H groups in total. The Bertz CT molecular complexity index is 1340. The first-order chi connectivity index (χ1) is 15.8. The van der Waals surface area contributed by atoms with Crippen molar-refractivity contribution in [2.24, 2.45) is 0 Å². The summed E-state index contributed by atoms with van der Waals surface area (Å²) < 4.78 is 20.5. The molecule has 3 aromatic carbocycles. The molecule has 4 aromatic rings. The van der Waals surface area contributed by atoms with Gasteiger partial charge in [0.05, 0.1) is 23.9 Å². The molecule has 0 aliphatic carbocycles. The molecule has 168 valence electrons. The number of ether oxygens (including phenoxy) is 1. The summed E-state index contributed by atoms with van der Waals surface area (Å²) in [6, 6.07) is 13.9. The molecule has 33 heavy (non-hydrogen) atoms. The standard InChI is InChI=1S/C23H19FN4O5/c1-27(13-7-9-14(33-2)10-8-13)22(31)16-11-15(19(29)12-20(16)30)21-25-26-23(32)28(21)18-6-4-3-5-17(18)24/h3-12,29-30H,1-2H3,(H,26,32). The lowest BCUT2D eigenvalue weighted by atomic mass is 10.1. The van der Waals surface area contributed by atoms with Crippen LogP contribution < -0.4 is 9.64 Å². The van der Waals surface area contributed by atoms with E-state index in [1.54, 1.807) is 30.3 Å². The van der Waals surface area contributed by atoms with E-state index in [0.29, 0.717) is 11.4 Å². The molecular weight excluding hydrogens is 431 g/mol. The van der Waals surface area contributed by atoms with Crippen molar-refractivity contribution in [3.05, 3.63) is 72.0 Å². The number of carbonyl (C=O) groups excluding carboxylic acids is 1. The molecule has 0 radical (unpaired) electrons. The fraction of sp³-hybridized carbons (Fsp3) is 0.0870. The number of hydrogen-bond donors (Lipinski definition) is 3. The van der Waals surface area contributed by atoms with Crippen LogP contribution in [0.4, 0.5) is 10.1 Å². The average Bonchev–Trinajstić information content (AvgIpc) is 3.19. The van der Waals surface area contributed by atoms with E-state index in [1.165, 1.54) is 43.3 Å². The first kappa shape index (κ1) is 21.6. The van der Waals surface area contributed by atoms with Gasteiger partial charge in [0.1, 0.15) is 23.1 Å². The first-order valence-corrected chi connectivity index (χ1v) is 9.69. The maximum absolute atomic E-state index is 14.4. The van der Waals surface area contributed by atoms with Gasteiger partial charge in [-0.3, -0.25) is 4.79 Å². The van der Waals surface area contributed by atoms with Crippen LogP contribution in [-0.2, 0) is 0 Å². The molecule has 0 saturated carbocycles. The number of benzene rings is 3. The molecule has 0 unspecified atom stereocenters. The van der Waals surface area contributed by atoms with Gasteiger partial charge >= 0.3 is 6.01 Å². The molecule has 1 aromatic heterocycles. The van der Waals surface area contributed by atoms with Crippen LogP contribution in [0.5, 0.6) is 23.3 Å². The number of methoxy groups -OCH3 is 1. The molecule has 0 aliphatic heterocycles. The second kappa shape index (κ2) is 8.50. The molecular formula is C23H19FN4O5. The second-order valence-corrected chi connectivity index (χ2v) is 7.06. The van der Waals surface area contributed by atoms with Crippen molar-refractivity contribution in [2.45, 2.75) is 0 Å². The number of aromatic hydroxyl groups is 3. The number of aromatic nitrogens is 3. The van der Waals surface area contributed by atoms with Crippen molar-refractivity contribution in [1.29, 1.82) is 0 Å². The van der Waals surface area contributed by atoms with Crippen molar-refractivity contribution in [2.75, 3.05) is 19.1 Å². The average molecular weight is 450 g/mol. The van der Waals surface area contributed by atoms with Gasteiger partial charge in [0.2, 0.25) is 0 Å². The minimum atomic E-state index is -0.664. The maximum Gasteiger partial charge on any atom is 0.319 e. The minimum Gasteiger partial charge on any atom is -0.507 e. The summed E-state index contributed by atoms with van der Waals surface area (Å²) >= 11 is 0. The molecule has 0 saturated heterocycles. The van der Waals surface area contributed by atoms with Gasteiger partial charge in [0.15, 0.2) is 5.82 Å². The van der Waals surface area contributed by atoms with Crippen molar-refractivity contribution in [1.82, 2.24) is 14.8 Å². The highest BCUT2D eigenvalue weighted by Crippen LogP contribution is 2.37. The Morgan fingerprint density at radius 2 is 1.70 bits per heavy atom. The fourth-order valence-corrected chi connectivity index (χ4v) is 3.34. The van der Waals surface area contributed by atoms with Gasteiger partial charge in [-0.2, -0.15) is 0 Å². The Hall–Kier alpha value is -4.60. The van der Waals surface area contributed by atoms with E-state index in [1.807, 2.05) is 0 Å². The van der Waals surface area contributed by atoms with Crippen molar-refractivity contribution < 1.29 is 29.2 Å². The van der Waals surface area contributed by atoms with Crippen LogP contribution in [0.1, 0.15) is 10.4 Å². The fourth-order valence-electron chi connectivity index (χ4n) is 3.34. The van der Waals surface area contributed by atoms with Crippen LogP contribution >= 0.6 is 0 Å². The van der Waals surface area contributed by atoms with Gasteiger partial charge in [-0.05, 0) is 42.5 Å². The van der Waals surface area contributed by atoms with Crippen LogP contribution in [-0.4, -0.2) is 50.1 Å². The zero-order valence-corrected chi connectivity index (χ0v) is 17.6. The number of phenolic OH excluding ortho intramolecular Hbond substituents is 2. The van der Waals surface area contributed by atoms with Gasteiger partial charge < -0.3 is 25.0 Å². The predicted molar refractivity (Wildman–Crippen MR) is 117 cm³/mol. The molecule has 0 bridgehead atoms. The summed E-state index contributed by atoms with van der Waals surface area (Å²) in [5.41, 5.74) is 0.270. The van der Waals surface area contributed by atoms with Gasteiger partial charge in [-0.1, -0.05) is 17.2 Å². The Balaban J connectivity index is 1.79. The number of anilines is 1. The summed E-state index contributed by atoms with van der Waals surface area (Å²) in [6.45, 7) is 0. The summed E-state index contributed by atoms with van der Waals surface area (Å²) in [6.07, 6.45) is 0. The lowest BCUT2D eigenvalue weighted by molar-refractivity contribution is 0.0990. The summed E-state index contributed by atoms with van der Waals surface area (Å²) in [7, 11) is 3.04. The highest BCUT2D eigenvalue weighted by Gasteiger charge is 2.25. The maximum atomic E-state index is 14.4. The van der Waals surface area contributed by atoms with E-state index >= 15 is 0 Å². The summed E-state index contributed by atoms with van der Waals surface area (Å²) in [5, 5.41) is 38.4. The second-order valence-electron chi connectivity index (χ2n) is 7.06. The van der Waals surface area contributed by atoms with Crippen LogP contribution in [0.3, 0.4) is 0 Å². The number of nitrogens with zero attached hydrogens (tertiary/aromatic N) is 4. The van der Waals surface area contributed by atoms with Crippen LogP contribution in [0.25, 0.3) is 17.1 Å². The Morgan fingerprint density at radius 3 is 2.36 bits per heavy atom. The molecule has 9 nitrogen and oxygen atoms in total. The van der Waals surface area contributed by atoms with Crippen LogP contribution in [0.2, 0.25) is 0 Å². The Kier molecular flexibility index (Phi) is 5.57. The summed E-state index contributed by atoms with van der Waals surface area (Å²) in [5.74, 6) is -1.68. The molecule has 4 rings (SSSR count). The van der Waals surface area contributed by atoms with E-state index < -0.39 is 29.2 Å². The smallest absolute Gasteiger partial charge is 0.319 e. The zero-order valence-electron chi connectivity index (χ0n) is 17.6. The van der Waals surface area contributed by atoms with Gasteiger partial charge in [-0.15, -0.1) is 5.10 Å². The number of halogens is 1. The topological polar surface area (TPSA) is 121 Å². The molecule has 0 aliphatic rings. The van der Waals surface area contributed by atoms with E-state index in [-0.39, 0.29) is 22.6 Å². The number of carbonyl (C=O) groups is 1. The first-order valence-electron chi connectivity index (χ1n) is 9.69. The van der Waals surface area contributed by atoms with E-state index in [0.717, 1.165) is 10.6 Å². The van der Waals surface area contributed by atoms with E-state index in [2.05, 4.69) is 10.2 Å². The van der Waals surface area contributed by atoms with E-state index in [4.69, 9.17) is 4.74 Å². The van der Waals surface area contributed by atoms with Crippen LogP contribution in [0, 0.1) is 5.82 Å². The molecule has 1 heterocycles. The lowest BCUT2D eigenvalue weighted by Gasteiger charge is -2.19. The highest BCUT2D eigenvalue weighted by molar-refractivity contribution is 6.08. The van der Waals surface area contributed by atoms with Crippen molar-refractivity contribution >= 4 is 11.6 Å². The van der Waals surface area contributed by atoms with Crippen LogP contribution in [0.15, 0.2) is 60.7 Å². The number of amides is 1. The molecule has 1 amide bonds. The van der Waals surface area contributed by atoms with Gasteiger partial charge in [0.25, 0.3) is 5.91 Å². The minimum absolute atomic E-state index is 0.0460. The Labute approximate surface area is 187 Å². The monoisotopic (exact) mass is 450 g/mol. The van der Waals surface area contributed by atoms with Gasteiger partial charge in [0, 0.05) is 18.8 Å². The summed E-state index contributed by atoms with van der Waals surface area (Å²) in [4.78, 5) is 14.4. The molecule has 0 spiro atoms. The molecule has 10 heteroatoms. The Morgan fingerprint density at radius 1 is 1.00 bits per heavy atom. The third kappa shape index (κ3) is 3.89. The normalized spacial score (nSPS) is 10.8. The zero-order chi connectivity index (χ0) is 23.7.